The Balaban J connectivity index is 3.15. The van der Waals surface area contributed by atoms with Crippen LogP contribution in [-0.4, -0.2) is 0 Å². The van der Waals surface area contributed by atoms with Gasteiger partial charge >= 0.3 is 0 Å². The number of hydrogen-bond acceptors (Lipinski definition) is 0. The largest absolute Gasteiger partial charge is 0.204 e. The summed E-state index contributed by atoms with van der Waals surface area (Å²) in [6.45, 7) is 14.3. The van der Waals surface area contributed by atoms with E-state index in [1.165, 1.54) is 5.57 Å². The quantitative estimate of drug-likeness (QED) is 0.607. The molecule has 0 bridgehead atoms. The lowest BCUT2D eigenvalue weighted by Crippen LogP contribution is -2.16. The van der Waals surface area contributed by atoms with Crippen LogP contribution in [-0.2, 0) is 6.42 Å². The summed E-state index contributed by atoms with van der Waals surface area (Å²) in [5.41, 5.74) is 3.82. The average Bonchev–Trinajstić information content (AvgIpc) is 2.38. The van der Waals surface area contributed by atoms with Gasteiger partial charge in [-0.15, -0.1) is 0 Å². The van der Waals surface area contributed by atoms with E-state index in [1.807, 2.05) is 13.8 Å². The van der Waals surface area contributed by atoms with Gasteiger partial charge in [-0.05, 0) is 56.2 Å². The van der Waals surface area contributed by atoms with Gasteiger partial charge in [0, 0.05) is 0 Å². The molecule has 0 aromatic heterocycles. The molecule has 20 heavy (non-hydrogen) atoms. The van der Waals surface area contributed by atoms with Crippen molar-refractivity contribution in [3.05, 3.63) is 58.7 Å². The Morgan fingerprint density at radius 2 is 1.75 bits per heavy atom. The predicted octanol–water partition coefficient (Wildman–Crippen LogP) is 5.69. The minimum atomic E-state index is -0.775. The van der Waals surface area contributed by atoms with Crippen molar-refractivity contribution in [1.82, 2.24) is 0 Å². The van der Waals surface area contributed by atoms with Crippen molar-refractivity contribution in [3.8, 4) is 0 Å². The second-order valence-electron chi connectivity index (χ2n) is 5.86. The van der Waals surface area contributed by atoms with Gasteiger partial charge in [-0.3, -0.25) is 0 Å². The first-order valence-electron chi connectivity index (χ1n) is 7.01. The average molecular weight is 278 g/mol. The standard InChI is InChI=1S/C18H24F2/c1-11(2)13(5)14(6)16(12(3)4)10-15-8-7-9-17(19)18(15)20/h7-9,12,16H,1,10H2,2-6H3/b14-13-. The van der Waals surface area contributed by atoms with Gasteiger partial charge in [0.1, 0.15) is 0 Å². The molecule has 1 aromatic carbocycles. The van der Waals surface area contributed by atoms with Crippen LogP contribution in [0.15, 0.2) is 41.5 Å². The number of allylic oxidation sites excluding steroid dienone is 3. The maximum atomic E-state index is 13.8. The highest BCUT2D eigenvalue weighted by Crippen LogP contribution is 2.30. The Bertz CT molecular complexity index is 524. The molecule has 0 aliphatic rings. The Hall–Kier alpha value is -1.44. The first-order chi connectivity index (χ1) is 9.25. The number of rotatable bonds is 5. The van der Waals surface area contributed by atoms with E-state index in [-0.39, 0.29) is 5.92 Å². The molecule has 1 unspecified atom stereocenters. The molecule has 0 saturated heterocycles. The van der Waals surface area contributed by atoms with Crippen molar-refractivity contribution in [1.29, 1.82) is 0 Å². The number of halogens is 2. The van der Waals surface area contributed by atoms with Gasteiger partial charge in [0.2, 0.25) is 0 Å². The summed E-state index contributed by atoms with van der Waals surface area (Å²) in [7, 11) is 0. The van der Waals surface area contributed by atoms with Gasteiger partial charge in [0.25, 0.3) is 0 Å². The third kappa shape index (κ3) is 3.78. The van der Waals surface area contributed by atoms with E-state index in [0.717, 1.165) is 17.2 Å². The van der Waals surface area contributed by atoms with Crippen molar-refractivity contribution in [2.24, 2.45) is 11.8 Å². The first kappa shape index (κ1) is 16.6. The zero-order valence-electron chi connectivity index (χ0n) is 13.1. The Kier molecular flexibility index (Phi) is 5.67. The highest BCUT2D eigenvalue weighted by atomic mass is 19.2. The maximum absolute atomic E-state index is 13.8. The van der Waals surface area contributed by atoms with Gasteiger partial charge < -0.3 is 0 Å². The van der Waals surface area contributed by atoms with Crippen LogP contribution in [0.3, 0.4) is 0 Å². The molecule has 0 nitrogen and oxygen atoms in total. The minimum absolute atomic E-state index is 0.183. The summed E-state index contributed by atoms with van der Waals surface area (Å²) in [4.78, 5) is 0. The second kappa shape index (κ2) is 6.83. The summed E-state index contributed by atoms with van der Waals surface area (Å²) in [6.07, 6.45) is 0.512. The Morgan fingerprint density at radius 3 is 2.25 bits per heavy atom. The lowest BCUT2D eigenvalue weighted by Gasteiger charge is -2.24. The topological polar surface area (TPSA) is 0 Å². The molecular weight excluding hydrogens is 254 g/mol. The lowest BCUT2D eigenvalue weighted by atomic mass is 9.81. The summed E-state index contributed by atoms with van der Waals surface area (Å²) >= 11 is 0. The fraction of sp³-hybridized carbons (Fsp3) is 0.444. The van der Waals surface area contributed by atoms with Crippen molar-refractivity contribution in [2.45, 2.75) is 41.0 Å². The third-order valence-electron chi connectivity index (χ3n) is 4.06. The fourth-order valence-electron chi connectivity index (χ4n) is 2.45. The molecule has 0 amide bonds. The molecular formula is C18H24F2. The van der Waals surface area contributed by atoms with Crippen LogP contribution in [0.2, 0.25) is 0 Å². The van der Waals surface area contributed by atoms with E-state index in [4.69, 9.17) is 0 Å². The summed E-state index contributed by atoms with van der Waals surface area (Å²) in [5.74, 6) is -0.961. The minimum Gasteiger partial charge on any atom is -0.204 e. The molecule has 2 heteroatoms. The Morgan fingerprint density at radius 1 is 1.15 bits per heavy atom. The molecule has 0 N–H and O–H groups in total. The van der Waals surface area contributed by atoms with Crippen LogP contribution in [0, 0.1) is 23.5 Å². The summed E-state index contributed by atoms with van der Waals surface area (Å²) in [5, 5.41) is 0. The SMILES string of the molecule is C=C(C)/C(C)=C(/C)C(Cc1cccc(F)c1F)C(C)C. The lowest BCUT2D eigenvalue weighted by molar-refractivity contribution is 0.422. The van der Waals surface area contributed by atoms with Crippen LogP contribution in [0.1, 0.15) is 40.2 Å². The molecule has 0 spiro atoms. The van der Waals surface area contributed by atoms with Gasteiger partial charge in [-0.25, -0.2) is 8.78 Å². The van der Waals surface area contributed by atoms with Crippen LogP contribution in [0.25, 0.3) is 0 Å². The maximum Gasteiger partial charge on any atom is 0.162 e. The van der Waals surface area contributed by atoms with E-state index in [0.29, 0.717) is 17.9 Å². The van der Waals surface area contributed by atoms with Crippen molar-refractivity contribution in [2.75, 3.05) is 0 Å². The normalized spacial score (nSPS) is 14.2. The molecule has 1 atom stereocenters. The van der Waals surface area contributed by atoms with Crippen molar-refractivity contribution < 1.29 is 8.78 Å². The zero-order chi connectivity index (χ0) is 15.4. The van der Waals surface area contributed by atoms with Crippen molar-refractivity contribution in [3.63, 3.8) is 0 Å². The molecule has 0 aliphatic carbocycles. The first-order valence-corrected chi connectivity index (χ1v) is 7.01. The molecule has 0 radical (unpaired) electrons. The molecule has 0 aliphatic heterocycles. The van der Waals surface area contributed by atoms with Crippen LogP contribution in [0.5, 0.6) is 0 Å². The molecule has 110 valence electrons. The highest BCUT2D eigenvalue weighted by molar-refractivity contribution is 5.32. The Labute approximate surface area is 121 Å². The second-order valence-corrected chi connectivity index (χ2v) is 5.86. The van der Waals surface area contributed by atoms with Gasteiger partial charge in [0.15, 0.2) is 11.6 Å². The van der Waals surface area contributed by atoms with E-state index >= 15 is 0 Å². The zero-order valence-corrected chi connectivity index (χ0v) is 13.1. The molecule has 1 aromatic rings. The molecule has 1 rings (SSSR count). The van der Waals surface area contributed by atoms with Gasteiger partial charge in [0.05, 0.1) is 0 Å². The van der Waals surface area contributed by atoms with Crippen LogP contribution in [0.4, 0.5) is 8.78 Å². The van der Waals surface area contributed by atoms with Crippen molar-refractivity contribution >= 4 is 0 Å². The number of hydrogen-bond donors (Lipinski definition) is 0. The molecule has 0 heterocycles. The van der Waals surface area contributed by atoms with E-state index in [2.05, 4.69) is 27.4 Å². The summed E-state index contributed by atoms with van der Waals surface area (Å²) < 4.78 is 27.2. The molecule has 0 fully saturated rings. The summed E-state index contributed by atoms with van der Waals surface area (Å²) in [6, 6.07) is 4.39. The monoisotopic (exact) mass is 278 g/mol. The fourth-order valence-corrected chi connectivity index (χ4v) is 2.45. The smallest absolute Gasteiger partial charge is 0.162 e. The van der Waals surface area contributed by atoms with Crippen LogP contribution < -0.4 is 0 Å². The highest BCUT2D eigenvalue weighted by Gasteiger charge is 2.20. The van der Waals surface area contributed by atoms with Gasteiger partial charge in [-0.1, -0.05) is 43.7 Å². The van der Waals surface area contributed by atoms with Gasteiger partial charge in [-0.2, -0.15) is 0 Å². The predicted molar refractivity (Wildman–Crippen MR) is 81.6 cm³/mol. The van der Waals surface area contributed by atoms with E-state index in [1.54, 1.807) is 12.1 Å². The number of benzene rings is 1. The van der Waals surface area contributed by atoms with E-state index in [9.17, 15) is 8.78 Å². The third-order valence-corrected chi connectivity index (χ3v) is 4.06. The van der Waals surface area contributed by atoms with E-state index < -0.39 is 11.6 Å². The molecule has 0 saturated carbocycles. The van der Waals surface area contributed by atoms with Crippen LogP contribution >= 0.6 is 0 Å².